The van der Waals surface area contributed by atoms with Crippen molar-refractivity contribution in [2.75, 3.05) is 26.0 Å². The molecule has 1 saturated carbocycles. The summed E-state index contributed by atoms with van der Waals surface area (Å²) in [4.78, 5) is 12.7. The highest BCUT2D eigenvalue weighted by molar-refractivity contribution is 7.94. The van der Waals surface area contributed by atoms with Crippen LogP contribution in [0.4, 0.5) is 30.7 Å². The van der Waals surface area contributed by atoms with Crippen LogP contribution in [0.15, 0.2) is 42.3 Å². The fraction of sp³-hybridized carbons (Fsp3) is 0.577. The van der Waals surface area contributed by atoms with Crippen LogP contribution in [0, 0.1) is 11.8 Å². The lowest BCUT2D eigenvalue weighted by molar-refractivity contribution is -0.348. The van der Waals surface area contributed by atoms with E-state index in [9.17, 15) is 43.9 Å². The van der Waals surface area contributed by atoms with Crippen LogP contribution in [0.1, 0.15) is 43.3 Å². The number of likely N-dealkylation sites (tertiary alicyclic amines) is 1. The second kappa shape index (κ2) is 11.2. The zero-order valence-corrected chi connectivity index (χ0v) is 22.0. The molecule has 2 aliphatic heterocycles. The van der Waals surface area contributed by atoms with Crippen molar-refractivity contribution in [3.8, 4) is 0 Å². The van der Waals surface area contributed by atoms with Crippen LogP contribution < -0.4 is 0 Å². The SMILES string of the molecule is C1OCC2CC12.C=CC(=C)S(C)(=O)=O.O=CN1CCC2c3ccc(C(F)(C(F)(F)F)C(F)(F)F)cc3CCC21.[HH]. The van der Waals surface area contributed by atoms with Gasteiger partial charge in [-0.2, -0.15) is 26.3 Å². The third-order valence-corrected chi connectivity index (χ3v) is 8.71. The number of ether oxygens (including phenoxy) is 1. The summed E-state index contributed by atoms with van der Waals surface area (Å²) in [6, 6.07) is 2.26. The minimum absolute atomic E-state index is 0. The van der Waals surface area contributed by atoms with Gasteiger partial charge in [-0.25, -0.2) is 12.8 Å². The molecular formula is C26H32F7NO4S. The van der Waals surface area contributed by atoms with E-state index in [1.165, 1.54) is 12.5 Å². The average molecular weight is 588 g/mol. The lowest BCUT2D eigenvalue weighted by Crippen LogP contribution is -2.50. The van der Waals surface area contributed by atoms with Crippen LogP contribution in [0.5, 0.6) is 0 Å². The molecular weight excluding hydrogens is 555 g/mol. The van der Waals surface area contributed by atoms with Gasteiger partial charge < -0.3 is 9.64 Å². The van der Waals surface area contributed by atoms with E-state index >= 15 is 0 Å². The number of alkyl halides is 7. The number of allylic oxidation sites excluding steroid dienone is 1. The normalized spacial score (nSPS) is 25.6. The van der Waals surface area contributed by atoms with E-state index in [0.717, 1.165) is 37.4 Å². The Bertz CT molecular complexity index is 1180. The van der Waals surface area contributed by atoms with Gasteiger partial charge in [0.2, 0.25) is 6.41 Å². The maximum Gasteiger partial charge on any atom is 0.435 e. The molecule has 1 aromatic carbocycles. The minimum Gasteiger partial charge on any atom is -0.381 e. The molecule has 0 radical (unpaired) electrons. The molecule has 4 unspecified atom stereocenters. The van der Waals surface area contributed by atoms with Crippen molar-refractivity contribution in [3.63, 3.8) is 0 Å². The van der Waals surface area contributed by atoms with Gasteiger partial charge >= 0.3 is 18.0 Å². The molecule has 1 aromatic rings. The molecule has 2 heterocycles. The number of amides is 1. The van der Waals surface area contributed by atoms with Crippen LogP contribution in [0.2, 0.25) is 0 Å². The maximum atomic E-state index is 14.2. The molecule has 1 amide bonds. The summed E-state index contributed by atoms with van der Waals surface area (Å²) in [7, 11) is -3.07. The molecule has 220 valence electrons. The Labute approximate surface area is 224 Å². The summed E-state index contributed by atoms with van der Waals surface area (Å²) < 4.78 is 117. The van der Waals surface area contributed by atoms with E-state index in [1.807, 2.05) is 0 Å². The lowest BCUT2D eigenvalue weighted by atomic mass is 9.77. The second-order valence-electron chi connectivity index (χ2n) is 10.1. The second-order valence-corrected chi connectivity index (χ2v) is 12.2. The van der Waals surface area contributed by atoms with E-state index in [2.05, 4.69) is 13.2 Å². The molecule has 2 aliphatic carbocycles. The van der Waals surface area contributed by atoms with E-state index in [0.29, 0.717) is 43.5 Å². The van der Waals surface area contributed by atoms with Crippen molar-refractivity contribution < 1.29 is 50.1 Å². The van der Waals surface area contributed by atoms with Crippen LogP contribution in [-0.4, -0.2) is 64.1 Å². The molecule has 0 N–H and O–H groups in total. The van der Waals surface area contributed by atoms with Gasteiger partial charge in [0, 0.05) is 45.0 Å². The number of carbonyl (C=O) groups is 1. The number of nitrogens with zero attached hydrogens (tertiary/aromatic N) is 1. The van der Waals surface area contributed by atoms with Gasteiger partial charge in [0.05, 0.1) is 4.91 Å². The predicted molar refractivity (Wildman–Crippen MR) is 132 cm³/mol. The van der Waals surface area contributed by atoms with Gasteiger partial charge in [-0.15, -0.1) is 0 Å². The Kier molecular flexibility index (Phi) is 8.96. The van der Waals surface area contributed by atoms with E-state index < -0.39 is 33.4 Å². The Balaban J connectivity index is 0.000000304. The fourth-order valence-electron chi connectivity index (χ4n) is 5.17. The van der Waals surface area contributed by atoms with Gasteiger partial charge in [-0.05, 0) is 48.6 Å². The van der Waals surface area contributed by atoms with Crippen LogP contribution in [-0.2, 0) is 31.5 Å². The zero-order chi connectivity index (χ0) is 29.4. The van der Waals surface area contributed by atoms with Crippen molar-refractivity contribution in [1.82, 2.24) is 4.90 Å². The topological polar surface area (TPSA) is 63.7 Å². The summed E-state index contributed by atoms with van der Waals surface area (Å²) >= 11 is 0. The lowest BCUT2D eigenvalue weighted by Gasteiger charge is -2.34. The maximum absolute atomic E-state index is 14.2. The number of halogens is 7. The molecule has 5 nitrogen and oxygen atoms in total. The van der Waals surface area contributed by atoms with E-state index in [4.69, 9.17) is 4.74 Å². The van der Waals surface area contributed by atoms with Gasteiger partial charge in [0.25, 0.3) is 0 Å². The van der Waals surface area contributed by atoms with Crippen molar-refractivity contribution in [2.24, 2.45) is 11.8 Å². The van der Waals surface area contributed by atoms with Crippen LogP contribution in [0.3, 0.4) is 0 Å². The number of benzene rings is 1. The number of hydrogen-bond acceptors (Lipinski definition) is 4. The molecule has 5 rings (SSSR count). The number of sulfone groups is 1. The van der Waals surface area contributed by atoms with E-state index in [-0.39, 0.29) is 30.3 Å². The number of aryl methyl sites for hydroxylation is 1. The van der Waals surface area contributed by atoms with Crippen molar-refractivity contribution in [3.05, 3.63) is 59.0 Å². The summed E-state index contributed by atoms with van der Waals surface area (Å²) in [5.74, 6) is 1.84. The minimum atomic E-state index is -6.11. The summed E-state index contributed by atoms with van der Waals surface area (Å²) in [5, 5.41) is 0. The molecule has 3 fully saturated rings. The first-order valence-corrected chi connectivity index (χ1v) is 14.1. The highest BCUT2D eigenvalue weighted by Crippen LogP contribution is 2.54. The predicted octanol–water partition coefficient (Wildman–Crippen LogP) is 5.87. The third kappa shape index (κ3) is 6.50. The number of fused-ring (bicyclic) bond motifs is 4. The fourth-order valence-corrected chi connectivity index (χ4v) is 5.47. The number of hydrogen-bond donors (Lipinski definition) is 0. The Morgan fingerprint density at radius 3 is 2.05 bits per heavy atom. The summed E-state index contributed by atoms with van der Waals surface area (Å²) in [5.41, 5.74) is -5.98. The van der Waals surface area contributed by atoms with Crippen molar-refractivity contribution in [2.45, 2.75) is 55.7 Å². The smallest absolute Gasteiger partial charge is 0.381 e. The molecule has 4 atom stereocenters. The van der Waals surface area contributed by atoms with Gasteiger partial charge in [0.1, 0.15) is 0 Å². The average Bonchev–Trinajstić information content (AvgIpc) is 3.24. The van der Waals surface area contributed by atoms with Gasteiger partial charge in [-0.3, -0.25) is 4.79 Å². The molecule has 4 aliphatic rings. The molecule has 0 spiro atoms. The molecule has 0 bridgehead atoms. The number of carbonyl (C=O) groups excluding carboxylic acids is 1. The Morgan fingerprint density at radius 1 is 1.08 bits per heavy atom. The standard InChI is InChI=1S/C16H14F7NO.C5H8O2S.C5H8O.H2/c17-14(15(18,19)20,16(21,22)23)10-2-3-11-9(7-10)1-4-13-12(11)5-6-24(13)8-25;1-4-5(2)8(3,6)7;1-4-2-6-3-5(1)4;/h2-3,7-8,12-13H,1,4-6H2;4H,1-2H2,3H3;4-5H,1-3H2;1H. The van der Waals surface area contributed by atoms with Crippen molar-refractivity contribution >= 4 is 16.2 Å². The van der Waals surface area contributed by atoms with E-state index in [1.54, 1.807) is 4.90 Å². The first-order valence-electron chi connectivity index (χ1n) is 12.2. The van der Waals surface area contributed by atoms with Crippen molar-refractivity contribution in [1.29, 1.82) is 0 Å². The highest BCUT2D eigenvalue weighted by Gasteiger charge is 2.73. The monoisotopic (exact) mass is 587 g/mol. The molecule has 2 saturated heterocycles. The third-order valence-electron chi connectivity index (χ3n) is 7.59. The first-order chi connectivity index (χ1) is 18.0. The molecule has 0 aromatic heterocycles. The summed E-state index contributed by atoms with van der Waals surface area (Å²) in [6.45, 7) is 9.09. The highest BCUT2D eigenvalue weighted by atomic mass is 32.2. The van der Waals surface area contributed by atoms with Crippen LogP contribution in [0.25, 0.3) is 0 Å². The molecule has 13 heteroatoms. The van der Waals surface area contributed by atoms with Gasteiger partial charge in [0.15, 0.2) is 9.84 Å². The Morgan fingerprint density at radius 2 is 1.67 bits per heavy atom. The largest absolute Gasteiger partial charge is 0.435 e. The van der Waals surface area contributed by atoms with Crippen LogP contribution >= 0.6 is 0 Å². The Hall–Kier alpha value is -2.41. The quantitative estimate of drug-likeness (QED) is 0.251. The number of rotatable bonds is 4. The molecule has 39 heavy (non-hydrogen) atoms. The summed E-state index contributed by atoms with van der Waals surface area (Å²) in [6.07, 6.45) is -6.56. The first kappa shape index (κ1) is 31.1. The zero-order valence-electron chi connectivity index (χ0n) is 21.2. The van der Waals surface area contributed by atoms with Gasteiger partial charge in [-0.1, -0.05) is 37.4 Å².